The molecule has 0 saturated carbocycles. The van der Waals surface area contributed by atoms with E-state index >= 15 is 0 Å². The van der Waals surface area contributed by atoms with Crippen LogP contribution in [-0.4, -0.2) is 62.0 Å². The summed E-state index contributed by atoms with van der Waals surface area (Å²) in [5.41, 5.74) is 0. The van der Waals surface area contributed by atoms with Gasteiger partial charge in [0, 0.05) is 37.6 Å². The summed E-state index contributed by atoms with van der Waals surface area (Å²) in [4.78, 5) is 11.0. The average Bonchev–Trinajstić information content (AvgIpc) is 3.06. The van der Waals surface area contributed by atoms with Crippen molar-refractivity contribution < 1.29 is 0 Å². The number of hydrogen-bond acceptors (Lipinski definition) is 5. The van der Waals surface area contributed by atoms with E-state index in [0.29, 0.717) is 6.04 Å². The molecule has 1 aromatic heterocycles. The van der Waals surface area contributed by atoms with Crippen molar-refractivity contribution in [2.45, 2.75) is 6.04 Å². The van der Waals surface area contributed by atoms with Gasteiger partial charge in [0.15, 0.2) is 0 Å². The van der Waals surface area contributed by atoms with Gasteiger partial charge >= 0.3 is 0 Å². The lowest BCUT2D eigenvalue weighted by Crippen LogP contribution is -2.49. The van der Waals surface area contributed by atoms with Crippen LogP contribution in [0.2, 0.25) is 0 Å². The molecule has 18 heavy (non-hydrogen) atoms. The molecule has 1 fully saturated rings. The van der Waals surface area contributed by atoms with E-state index in [1.165, 1.54) is 10.7 Å². The van der Waals surface area contributed by atoms with Crippen molar-refractivity contribution in [1.82, 2.24) is 15.1 Å². The van der Waals surface area contributed by atoms with Gasteiger partial charge in [-0.25, -0.2) is 0 Å². The van der Waals surface area contributed by atoms with Gasteiger partial charge in [0.1, 0.15) is 11.9 Å². The maximum Gasteiger partial charge on any atom is 0.119 e. The van der Waals surface area contributed by atoms with Gasteiger partial charge in [-0.15, -0.1) is 11.3 Å². The molecule has 1 atom stereocenters. The zero-order valence-electron chi connectivity index (χ0n) is 10.8. The minimum Gasteiger partial charge on any atom is -0.370 e. The smallest absolute Gasteiger partial charge is 0.119 e. The van der Waals surface area contributed by atoms with E-state index in [1.807, 2.05) is 11.3 Å². The first kappa shape index (κ1) is 12.1. The zero-order valence-corrected chi connectivity index (χ0v) is 11.6. The predicted octanol–water partition coefficient (Wildman–Crippen LogP) is 1.04. The molecule has 2 aliphatic rings. The quantitative estimate of drug-likeness (QED) is 0.885. The van der Waals surface area contributed by atoms with Crippen molar-refractivity contribution >= 4 is 17.2 Å². The first-order valence-corrected chi connectivity index (χ1v) is 7.47. The second-order valence-corrected chi connectivity index (χ2v) is 5.93. The number of nitrogens with one attached hydrogen (secondary N) is 1. The number of amidine groups is 1. The summed E-state index contributed by atoms with van der Waals surface area (Å²) in [6.07, 6.45) is 0. The second-order valence-electron chi connectivity index (χ2n) is 4.95. The zero-order chi connectivity index (χ0) is 12.4. The fourth-order valence-corrected chi connectivity index (χ4v) is 3.47. The molecule has 4 nitrogen and oxygen atoms in total. The standard InChI is InChI=1S/C13H20N4S/c1-16-6-8-17(9-7-16)12(11-3-2-10-18-11)13-14-4-5-15-13/h2-3,10,12H,4-9H2,1H3,(H,14,15). The van der Waals surface area contributed by atoms with Crippen LogP contribution in [0.25, 0.3) is 0 Å². The topological polar surface area (TPSA) is 30.9 Å². The number of rotatable bonds is 3. The Hall–Kier alpha value is -0.910. The molecule has 3 heterocycles. The Morgan fingerprint density at radius 1 is 1.33 bits per heavy atom. The van der Waals surface area contributed by atoms with Gasteiger partial charge in [-0.2, -0.15) is 0 Å². The van der Waals surface area contributed by atoms with E-state index in [0.717, 1.165) is 39.3 Å². The maximum absolute atomic E-state index is 4.64. The van der Waals surface area contributed by atoms with E-state index in [9.17, 15) is 0 Å². The number of hydrogen-bond donors (Lipinski definition) is 1. The van der Waals surface area contributed by atoms with Crippen molar-refractivity contribution in [2.75, 3.05) is 46.3 Å². The highest BCUT2D eigenvalue weighted by molar-refractivity contribution is 7.10. The molecule has 5 heteroatoms. The normalized spacial score (nSPS) is 23.7. The Bertz CT molecular complexity index is 407. The minimum absolute atomic E-state index is 0.348. The molecule has 1 unspecified atom stereocenters. The van der Waals surface area contributed by atoms with Gasteiger partial charge in [0.05, 0.1) is 6.54 Å². The van der Waals surface area contributed by atoms with E-state index < -0.39 is 0 Å². The van der Waals surface area contributed by atoms with Crippen LogP contribution < -0.4 is 5.32 Å². The third-order valence-corrected chi connectivity index (χ3v) is 4.60. The number of aliphatic imine (C=N–C) groups is 1. The van der Waals surface area contributed by atoms with Gasteiger partial charge in [-0.3, -0.25) is 9.89 Å². The van der Waals surface area contributed by atoms with Gasteiger partial charge in [-0.05, 0) is 18.5 Å². The Labute approximate surface area is 112 Å². The van der Waals surface area contributed by atoms with Crippen LogP contribution in [0, 0.1) is 0 Å². The molecule has 0 amide bonds. The van der Waals surface area contributed by atoms with Crippen LogP contribution in [0.5, 0.6) is 0 Å². The highest BCUT2D eigenvalue weighted by atomic mass is 32.1. The molecular formula is C13H20N4S. The lowest BCUT2D eigenvalue weighted by molar-refractivity contribution is 0.137. The Kier molecular flexibility index (Phi) is 3.63. The lowest BCUT2D eigenvalue weighted by atomic mass is 10.1. The number of likely N-dealkylation sites (N-methyl/N-ethyl adjacent to an activating group) is 1. The van der Waals surface area contributed by atoms with E-state index in [2.05, 4.69) is 44.7 Å². The largest absolute Gasteiger partial charge is 0.370 e. The predicted molar refractivity (Wildman–Crippen MR) is 76.4 cm³/mol. The third-order valence-electron chi connectivity index (χ3n) is 3.67. The van der Waals surface area contributed by atoms with Gasteiger partial charge in [-0.1, -0.05) is 6.07 Å². The van der Waals surface area contributed by atoms with Crippen molar-refractivity contribution in [3.63, 3.8) is 0 Å². The summed E-state index contributed by atoms with van der Waals surface area (Å²) in [5, 5.41) is 5.62. The molecule has 3 rings (SSSR count). The van der Waals surface area contributed by atoms with E-state index in [4.69, 9.17) is 0 Å². The average molecular weight is 264 g/mol. The van der Waals surface area contributed by atoms with Crippen LogP contribution in [0.4, 0.5) is 0 Å². The highest BCUT2D eigenvalue weighted by Crippen LogP contribution is 2.27. The van der Waals surface area contributed by atoms with Crippen molar-refractivity contribution in [2.24, 2.45) is 4.99 Å². The molecule has 1 saturated heterocycles. The molecular weight excluding hydrogens is 244 g/mol. The van der Waals surface area contributed by atoms with Crippen molar-refractivity contribution in [3.8, 4) is 0 Å². The lowest BCUT2D eigenvalue weighted by Gasteiger charge is -2.37. The Morgan fingerprint density at radius 2 is 2.17 bits per heavy atom. The first-order valence-electron chi connectivity index (χ1n) is 6.59. The SMILES string of the molecule is CN1CCN(C(C2=NCCN2)c2cccs2)CC1. The monoisotopic (exact) mass is 264 g/mol. The number of piperazine rings is 1. The van der Waals surface area contributed by atoms with Crippen LogP contribution in [0.1, 0.15) is 10.9 Å². The summed E-state index contributed by atoms with van der Waals surface area (Å²) in [6.45, 7) is 6.46. The fraction of sp³-hybridized carbons (Fsp3) is 0.615. The first-order chi connectivity index (χ1) is 8.84. The van der Waals surface area contributed by atoms with Crippen LogP contribution in [0.3, 0.4) is 0 Å². The van der Waals surface area contributed by atoms with Gasteiger partial charge < -0.3 is 10.2 Å². The van der Waals surface area contributed by atoms with Crippen molar-refractivity contribution in [1.29, 1.82) is 0 Å². The third kappa shape index (κ3) is 2.43. The molecule has 0 bridgehead atoms. The Morgan fingerprint density at radius 3 is 2.78 bits per heavy atom. The molecule has 0 spiro atoms. The van der Waals surface area contributed by atoms with E-state index in [-0.39, 0.29) is 0 Å². The maximum atomic E-state index is 4.64. The van der Waals surface area contributed by atoms with E-state index in [1.54, 1.807) is 0 Å². The molecule has 98 valence electrons. The number of thiophene rings is 1. The van der Waals surface area contributed by atoms with Crippen LogP contribution in [-0.2, 0) is 0 Å². The minimum atomic E-state index is 0.348. The molecule has 0 aliphatic carbocycles. The van der Waals surface area contributed by atoms with Crippen molar-refractivity contribution in [3.05, 3.63) is 22.4 Å². The summed E-state index contributed by atoms with van der Waals surface area (Å²) < 4.78 is 0. The summed E-state index contributed by atoms with van der Waals surface area (Å²) in [7, 11) is 2.20. The summed E-state index contributed by atoms with van der Waals surface area (Å²) >= 11 is 1.84. The van der Waals surface area contributed by atoms with Gasteiger partial charge in [0.25, 0.3) is 0 Å². The molecule has 0 aromatic carbocycles. The molecule has 2 aliphatic heterocycles. The molecule has 1 N–H and O–H groups in total. The molecule has 1 aromatic rings. The fourth-order valence-electron chi connectivity index (χ4n) is 2.61. The summed E-state index contributed by atoms with van der Waals surface area (Å²) in [6, 6.07) is 4.72. The summed E-state index contributed by atoms with van der Waals surface area (Å²) in [5.74, 6) is 1.17. The highest BCUT2D eigenvalue weighted by Gasteiger charge is 2.29. The van der Waals surface area contributed by atoms with Gasteiger partial charge in [0.2, 0.25) is 0 Å². The van der Waals surface area contributed by atoms with Crippen LogP contribution >= 0.6 is 11.3 Å². The molecule has 0 radical (unpaired) electrons. The van der Waals surface area contributed by atoms with Crippen LogP contribution in [0.15, 0.2) is 22.5 Å². The number of nitrogens with zero attached hydrogens (tertiary/aromatic N) is 3. The Balaban J connectivity index is 1.81. The second kappa shape index (κ2) is 5.38.